The van der Waals surface area contributed by atoms with Gasteiger partial charge in [-0.2, -0.15) is 0 Å². The molecule has 1 amide bonds. The van der Waals surface area contributed by atoms with Crippen LogP contribution >= 0.6 is 11.3 Å². The topological polar surface area (TPSA) is 138 Å². The highest BCUT2D eigenvalue weighted by molar-refractivity contribution is 7.07. The number of aromatic nitrogens is 1. The van der Waals surface area contributed by atoms with Crippen LogP contribution in [0.3, 0.4) is 0 Å². The Morgan fingerprint density at radius 1 is 1.13 bits per heavy atom. The molecule has 1 aromatic rings. The summed E-state index contributed by atoms with van der Waals surface area (Å²) < 4.78 is 0. The van der Waals surface area contributed by atoms with Crippen LogP contribution in [0.1, 0.15) is 76.3 Å². The standard InChI is InChI=1S/C22H30N4O4S/c23-19-16(15-9-5-2-1-3-6-10-15)11-7-4-8-12-22(19,21(28)29)25-20(27)18(26-30)17-13-31-14-24-17/h9,13-14,30H,1-8,10-12,23H2,(H,25,27)(H,28,29)/b15-9-,19-16-,26-18?. The van der Waals surface area contributed by atoms with E-state index in [1.54, 1.807) is 5.38 Å². The number of carboxylic acids is 1. The minimum absolute atomic E-state index is 0.173. The van der Waals surface area contributed by atoms with Gasteiger partial charge in [-0.15, -0.1) is 11.3 Å². The quantitative estimate of drug-likeness (QED) is 0.309. The number of hydrogen-bond donors (Lipinski definition) is 4. The highest BCUT2D eigenvalue weighted by Gasteiger charge is 2.45. The second-order valence-corrected chi connectivity index (χ2v) is 8.84. The average Bonchev–Trinajstić information content (AvgIpc) is 3.23. The second-order valence-electron chi connectivity index (χ2n) is 8.12. The van der Waals surface area contributed by atoms with E-state index in [1.165, 1.54) is 23.3 Å². The van der Waals surface area contributed by atoms with Crippen LogP contribution in [-0.2, 0) is 9.59 Å². The first-order chi connectivity index (χ1) is 15.0. The van der Waals surface area contributed by atoms with Crippen molar-refractivity contribution in [2.24, 2.45) is 10.9 Å². The van der Waals surface area contributed by atoms with Gasteiger partial charge in [0, 0.05) is 11.1 Å². The van der Waals surface area contributed by atoms with Crippen LogP contribution in [0.4, 0.5) is 0 Å². The number of nitrogens with zero attached hydrogens (tertiary/aromatic N) is 2. The molecule has 2 aliphatic rings. The van der Waals surface area contributed by atoms with Gasteiger partial charge in [0.2, 0.25) is 0 Å². The number of aliphatic carboxylic acids is 1. The Balaban J connectivity index is 2.03. The molecule has 0 spiro atoms. The number of hydrogen-bond acceptors (Lipinski definition) is 7. The minimum atomic E-state index is -1.76. The third kappa shape index (κ3) is 5.15. The van der Waals surface area contributed by atoms with E-state index in [-0.39, 0.29) is 23.5 Å². The van der Waals surface area contributed by atoms with Crippen molar-refractivity contribution in [1.82, 2.24) is 10.3 Å². The number of nitrogens with one attached hydrogen (secondary N) is 1. The van der Waals surface area contributed by atoms with Crippen LogP contribution in [0.25, 0.3) is 0 Å². The Morgan fingerprint density at radius 2 is 1.87 bits per heavy atom. The molecular formula is C22H30N4O4S. The number of nitrogens with two attached hydrogens (primary N) is 1. The predicted molar refractivity (Wildman–Crippen MR) is 119 cm³/mol. The number of carboxylic acid groups (broad SMARTS) is 1. The molecule has 1 aromatic heterocycles. The molecular weight excluding hydrogens is 416 g/mol. The fourth-order valence-corrected chi connectivity index (χ4v) is 4.93. The van der Waals surface area contributed by atoms with Crippen molar-refractivity contribution in [2.45, 2.75) is 76.2 Å². The third-order valence-corrected chi connectivity index (χ3v) is 6.71. The molecule has 9 heteroatoms. The molecule has 1 unspecified atom stereocenters. The SMILES string of the molecule is N/C1=C(\C2=C/CCCCCC2)CCCCCC1(NC(=O)C(=NO)c1cscn1)C(=O)O. The Hall–Kier alpha value is -2.68. The van der Waals surface area contributed by atoms with Crippen LogP contribution in [0.5, 0.6) is 0 Å². The van der Waals surface area contributed by atoms with Gasteiger partial charge < -0.3 is 21.4 Å². The fraction of sp³-hybridized carbons (Fsp3) is 0.545. The maximum atomic E-state index is 13.0. The number of carbonyl (C=O) groups excluding carboxylic acids is 1. The molecule has 0 bridgehead atoms. The molecule has 8 nitrogen and oxygen atoms in total. The lowest BCUT2D eigenvalue weighted by molar-refractivity contribution is -0.145. The van der Waals surface area contributed by atoms with Crippen molar-refractivity contribution in [1.29, 1.82) is 0 Å². The lowest BCUT2D eigenvalue weighted by atomic mass is 9.79. The molecule has 3 rings (SSSR count). The van der Waals surface area contributed by atoms with Crippen LogP contribution in [0.2, 0.25) is 0 Å². The number of oxime groups is 1. The zero-order chi connectivity index (χ0) is 22.3. The summed E-state index contributed by atoms with van der Waals surface area (Å²) in [4.78, 5) is 29.6. The van der Waals surface area contributed by atoms with Crippen molar-refractivity contribution in [3.05, 3.63) is 39.5 Å². The largest absolute Gasteiger partial charge is 0.479 e. The Morgan fingerprint density at radius 3 is 2.58 bits per heavy atom. The zero-order valence-electron chi connectivity index (χ0n) is 17.6. The third-order valence-electron chi connectivity index (χ3n) is 6.12. The highest BCUT2D eigenvalue weighted by Crippen LogP contribution is 2.35. The Labute approximate surface area is 185 Å². The van der Waals surface area contributed by atoms with Gasteiger partial charge in [0.1, 0.15) is 5.69 Å². The molecule has 5 N–H and O–H groups in total. The van der Waals surface area contributed by atoms with Crippen LogP contribution in [0, 0.1) is 0 Å². The van der Waals surface area contributed by atoms with Crippen molar-refractivity contribution >= 4 is 28.9 Å². The summed E-state index contributed by atoms with van der Waals surface area (Å²) >= 11 is 1.24. The maximum absolute atomic E-state index is 13.0. The molecule has 0 saturated heterocycles. The molecule has 0 radical (unpaired) electrons. The number of carbonyl (C=O) groups is 2. The summed E-state index contributed by atoms with van der Waals surface area (Å²) in [6.45, 7) is 0. The van der Waals surface area contributed by atoms with Gasteiger partial charge in [-0.3, -0.25) is 4.79 Å². The van der Waals surface area contributed by atoms with E-state index in [4.69, 9.17) is 5.73 Å². The minimum Gasteiger partial charge on any atom is -0.479 e. The Kier molecular flexibility index (Phi) is 7.84. The number of allylic oxidation sites excluding steroid dienone is 3. The number of rotatable bonds is 5. The Bertz CT molecular complexity index is 891. The van der Waals surface area contributed by atoms with E-state index < -0.39 is 17.4 Å². The first kappa shape index (κ1) is 23.0. The lowest BCUT2D eigenvalue weighted by Crippen LogP contribution is -2.60. The maximum Gasteiger partial charge on any atom is 0.335 e. The first-order valence-electron chi connectivity index (χ1n) is 10.8. The molecule has 0 aliphatic heterocycles. The van der Waals surface area contributed by atoms with Gasteiger partial charge in [-0.05, 0) is 56.1 Å². The molecule has 31 heavy (non-hydrogen) atoms. The number of amides is 1. The van der Waals surface area contributed by atoms with E-state index in [0.717, 1.165) is 56.1 Å². The van der Waals surface area contributed by atoms with E-state index in [9.17, 15) is 19.9 Å². The normalized spacial score (nSPS) is 27.7. The van der Waals surface area contributed by atoms with Crippen LogP contribution in [-0.4, -0.2) is 38.4 Å². The van der Waals surface area contributed by atoms with E-state index >= 15 is 0 Å². The fourth-order valence-electron chi connectivity index (χ4n) is 4.40. The molecule has 1 heterocycles. The van der Waals surface area contributed by atoms with Gasteiger partial charge in [0.25, 0.3) is 5.91 Å². The molecule has 168 valence electrons. The van der Waals surface area contributed by atoms with Gasteiger partial charge >= 0.3 is 5.97 Å². The van der Waals surface area contributed by atoms with Gasteiger partial charge in [0.15, 0.2) is 11.3 Å². The number of thiazole rings is 1. The molecule has 0 fully saturated rings. The van der Waals surface area contributed by atoms with E-state index in [1.807, 2.05) is 0 Å². The summed E-state index contributed by atoms with van der Waals surface area (Å²) in [5.41, 5.74) is 8.32. The smallest absolute Gasteiger partial charge is 0.335 e. The summed E-state index contributed by atoms with van der Waals surface area (Å²) in [6.07, 6.45) is 11.8. The molecule has 0 aromatic carbocycles. The van der Waals surface area contributed by atoms with Crippen molar-refractivity contribution in [2.75, 3.05) is 0 Å². The summed E-state index contributed by atoms with van der Waals surface area (Å²) in [7, 11) is 0. The first-order valence-corrected chi connectivity index (χ1v) is 11.8. The van der Waals surface area contributed by atoms with Crippen LogP contribution in [0.15, 0.2) is 39.0 Å². The zero-order valence-corrected chi connectivity index (χ0v) is 18.4. The molecule has 1 atom stereocenters. The van der Waals surface area contributed by atoms with Crippen molar-refractivity contribution in [3.63, 3.8) is 0 Å². The molecule has 0 saturated carbocycles. The van der Waals surface area contributed by atoms with Crippen LogP contribution < -0.4 is 11.1 Å². The van der Waals surface area contributed by atoms with E-state index in [0.29, 0.717) is 12.8 Å². The van der Waals surface area contributed by atoms with Crippen molar-refractivity contribution in [3.8, 4) is 0 Å². The average molecular weight is 447 g/mol. The predicted octanol–water partition coefficient (Wildman–Crippen LogP) is 3.72. The van der Waals surface area contributed by atoms with Gasteiger partial charge in [0.05, 0.1) is 5.51 Å². The van der Waals surface area contributed by atoms with E-state index in [2.05, 4.69) is 21.5 Å². The van der Waals surface area contributed by atoms with Crippen molar-refractivity contribution < 1.29 is 19.9 Å². The molecule has 2 aliphatic carbocycles. The summed E-state index contributed by atoms with van der Waals surface area (Å²) in [5, 5.41) is 26.9. The summed E-state index contributed by atoms with van der Waals surface area (Å²) in [6, 6.07) is 0. The monoisotopic (exact) mass is 446 g/mol. The highest BCUT2D eigenvalue weighted by atomic mass is 32.1. The lowest BCUT2D eigenvalue weighted by Gasteiger charge is -2.35. The second kappa shape index (κ2) is 10.6. The van der Waals surface area contributed by atoms with Gasteiger partial charge in [-0.25, -0.2) is 9.78 Å². The van der Waals surface area contributed by atoms with Gasteiger partial charge in [-0.1, -0.05) is 36.9 Å². The summed E-state index contributed by atoms with van der Waals surface area (Å²) in [5.74, 6) is -2.02.